The van der Waals surface area contributed by atoms with Crippen molar-refractivity contribution in [2.45, 2.75) is 11.5 Å². The zero-order valence-electron chi connectivity index (χ0n) is 14.1. The van der Waals surface area contributed by atoms with Crippen LogP contribution in [-0.2, 0) is 13.6 Å². The fourth-order valence-electron chi connectivity index (χ4n) is 3.62. The van der Waals surface area contributed by atoms with Gasteiger partial charge in [-0.3, -0.25) is 19.6 Å². The Morgan fingerprint density at radius 3 is 2.15 bits per heavy atom. The topological polar surface area (TPSA) is 110 Å². The van der Waals surface area contributed by atoms with Gasteiger partial charge in [0.25, 0.3) is 0 Å². The number of ketones is 2. The Balaban J connectivity index is 1.93. The van der Waals surface area contributed by atoms with E-state index in [-0.39, 0.29) is 5.45 Å². The van der Waals surface area contributed by atoms with E-state index >= 15 is 0 Å². The SMILES string of the molecule is COP(=O)(OC)C1=NNC2(C(=O)c3ccccc3C2=O)C1c1ccc[nH]1. The third-order valence-corrected chi connectivity index (χ3v) is 6.75. The van der Waals surface area contributed by atoms with Crippen LogP contribution in [-0.4, -0.2) is 41.8 Å². The summed E-state index contributed by atoms with van der Waals surface area (Å²) >= 11 is 0. The zero-order valence-corrected chi connectivity index (χ0v) is 14.9. The van der Waals surface area contributed by atoms with Crippen LogP contribution in [0.4, 0.5) is 0 Å². The van der Waals surface area contributed by atoms with Crippen LogP contribution in [0, 0.1) is 0 Å². The van der Waals surface area contributed by atoms with Crippen LogP contribution >= 0.6 is 7.60 Å². The second-order valence-corrected chi connectivity index (χ2v) is 8.20. The first-order valence-corrected chi connectivity index (χ1v) is 9.42. The molecule has 0 amide bonds. The molecule has 2 aliphatic rings. The van der Waals surface area contributed by atoms with Crippen LogP contribution in [0.25, 0.3) is 0 Å². The van der Waals surface area contributed by atoms with Crippen molar-refractivity contribution in [3.8, 4) is 0 Å². The molecule has 0 saturated carbocycles. The lowest BCUT2D eigenvalue weighted by molar-refractivity contribution is 0.0760. The molecule has 2 aromatic rings. The molecule has 1 aliphatic carbocycles. The quantitative estimate of drug-likeness (QED) is 0.629. The highest BCUT2D eigenvalue weighted by atomic mass is 31.2. The first-order chi connectivity index (χ1) is 12.5. The Hall–Kier alpha value is -2.54. The molecule has 0 saturated heterocycles. The number of nitrogens with zero attached hydrogens (tertiary/aromatic N) is 1. The summed E-state index contributed by atoms with van der Waals surface area (Å²) in [5.41, 5.74) is 2.08. The maximum Gasteiger partial charge on any atom is 0.377 e. The molecular weight excluding hydrogens is 357 g/mol. The molecule has 0 fully saturated rings. The van der Waals surface area contributed by atoms with Crippen molar-refractivity contribution in [3.05, 3.63) is 59.4 Å². The second kappa shape index (κ2) is 5.74. The molecule has 9 heteroatoms. The van der Waals surface area contributed by atoms with Gasteiger partial charge in [-0.15, -0.1) is 0 Å². The monoisotopic (exact) mass is 373 g/mol. The van der Waals surface area contributed by atoms with Gasteiger partial charge in [-0.2, -0.15) is 5.10 Å². The number of H-pyrrole nitrogens is 1. The third kappa shape index (κ3) is 1.97. The summed E-state index contributed by atoms with van der Waals surface area (Å²) in [4.78, 5) is 29.5. The third-order valence-electron chi connectivity index (χ3n) is 4.86. The van der Waals surface area contributed by atoms with E-state index in [1.54, 1.807) is 42.6 Å². The number of hydrogen-bond acceptors (Lipinski definition) is 7. The van der Waals surface area contributed by atoms with E-state index in [0.29, 0.717) is 16.8 Å². The van der Waals surface area contributed by atoms with Gasteiger partial charge >= 0.3 is 7.60 Å². The average Bonchev–Trinajstić information content (AvgIpc) is 3.37. The number of carbonyl (C=O) groups is 2. The molecule has 2 N–H and O–H groups in total. The van der Waals surface area contributed by atoms with Gasteiger partial charge in [0, 0.05) is 37.2 Å². The highest BCUT2D eigenvalue weighted by Gasteiger charge is 2.65. The molecule has 1 aliphatic heterocycles. The molecule has 4 rings (SSSR count). The van der Waals surface area contributed by atoms with E-state index in [0.717, 1.165) is 0 Å². The van der Waals surface area contributed by atoms with Crippen molar-refractivity contribution in [3.63, 3.8) is 0 Å². The number of fused-ring (bicyclic) bond motifs is 1. The molecule has 1 unspecified atom stereocenters. The zero-order chi connectivity index (χ0) is 18.5. The summed E-state index contributed by atoms with van der Waals surface area (Å²) in [6, 6.07) is 10.0. The molecule has 134 valence electrons. The van der Waals surface area contributed by atoms with Crippen LogP contribution in [0.15, 0.2) is 47.7 Å². The van der Waals surface area contributed by atoms with E-state index in [9.17, 15) is 14.2 Å². The fourth-order valence-corrected chi connectivity index (χ4v) is 4.96. The Kier molecular flexibility index (Phi) is 3.73. The van der Waals surface area contributed by atoms with Crippen LogP contribution in [0.3, 0.4) is 0 Å². The number of carbonyl (C=O) groups excluding carboxylic acids is 2. The number of hydrazone groups is 1. The van der Waals surface area contributed by atoms with E-state index in [2.05, 4.69) is 15.5 Å². The molecule has 1 aromatic heterocycles. The smallest absolute Gasteiger partial charge is 0.364 e. The maximum atomic E-state index is 13.2. The molecular formula is C17H16N3O5P. The molecule has 1 spiro atoms. The van der Waals surface area contributed by atoms with Gasteiger partial charge in [0.1, 0.15) is 0 Å². The highest BCUT2D eigenvalue weighted by Crippen LogP contribution is 2.57. The number of aromatic nitrogens is 1. The lowest BCUT2D eigenvalue weighted by atomic mass is 9.79. The minimum absolute atomic E-state index is 0.0144. The Bertz CT molecular complexity index is 939. The fraction of sp³-hybridized carbons (Fsp3) is 0.235. The van der Waals surface area contributed by atoms with Crippen molar-refractivity contribution in [1.82, 2.24) is 10.4 Å². The Morgan fingerprint density at radius 2 is 1.65 bits per heavy atom. The number of aromatic amines is 1. The number of hydrogen-bond donors (Lipinski definition) is 2. The van der Waals surface area contributed by atoms with Crippen LogP contribution in [0.2, 0.25) is 0 Å². The van der Waals surface area contributed by atoms with Crippen LogP contribution in [0.5, 0.6) is 0 Å². The van der Waals surface area contributed by atoms with Gasteiger partial charge in [0.05, 0.1) is 5.92 Å². The molecule has 26 heavy (non-hydrogen) atoms. The average molecular weight is 373 g/mol. The van der Waals surface area contributed by atoms with Crippen LogP contribution < -0.4 is 5.43 Å². The van der Waals surface area contributed by atoms with Crippen molar-refractivity contribution < 1.29 is 23.2 Å². The van der Waals surface area contributed by atoms with Gasteiger partial charge in [-0.25, -0.2) is 0 Å². The summed E-state index contributed by atoms with van der Waals surface area (Å²) in [5, 5.41) is 4.10. The van der Waals surface area contributed by atoms with Crippen molar-refractivity contribution in [1.29, 1.82) is 0 Å². The maximum absolute atomic E-state index is 13.2. The highest BCUT2D eigenvalue weighted by molar-refractivity contribution is 7.72. The predicted molar refractivity (Wildman–Crippen MR) is 93.6 cm³/mol. The summed E-state index contributed by atoms with van der Waals surface area (Å²) in [6.45, 7) is 0. The van der Waals surface area contributed by atoms with E-state index in [1.165, 1.54) is 14.2 Å². The summed E-state index contributed by atoms with van der Waals surface area (Å²) in [6.07, 6.45) is 1.65. The standard InChI is InChI=1S/C17H16N3O5P/c1-24-26(23,25-2)16-13(12-8-5-9-18-12)17(20-19-16)14(21)10-6-3-4-7-11(10)15(17)22/h3-9,13,18,20H,1-2H3. The van der Waals surface area contributed by atoms with Crippen LogP contribution in [0.1, 0.15) is 32.3 Å². The molecule has 0 bridgehead atoms. The lowest BCUT2D eigenvalue weighted by Gasteiger charge is -2.28. The first-order valence-electron chi connectivity index (χ1n) is 7.88. The van der Waals surface area contributed by atoms with Gasteiger partial charge in [-0.05, 0) is 12.1 Å². The molecule has 8 nitrogen and oxygen atoms in total. The van der Waals surface area contributed by atoms with Gasteiger partial charge in [0.15, 0.2) is 22.6 Å². The molecule has 1 aromatic carbocycles. The normalized spacial score (nSPS) is 21.0. The van der Waals surface area contributed by atoms with Crippen molar-refractivity contribution in [2.75, 3.05) is 14.2 Å². The molecule has 2 heterocycles. The largest absolute Gasteiger partial charge is 0.377 e. The first kappa shape index (κ1) is 16.9. The lowest BCUT2D eigenvalue weighted by Crippen LogP contribution is -2.54. The number of Topliss-reactive ketones (excluding diaryl/α,β-unsaturated/α-hetero) is 2. The number of nitrogens with one attached hydrogen (secondary N) is 2. The minimum atomic E-state index is -3.79. The second-order valence-electron chi connectivity index (χ2n) is 6.01. The Labute approximate surface area is 149 Å². The van der Waals surface area contributed by atoms with Crippen molar-refractivity contribution in [2.24, 2.45) is 5.10 Å². The van der Waals surface area contributed by atoms with E-state index in [4.69, 9.17) is 9.05 Å². The molecule has 1 atom stereocenters. The summed E-state index contributed by atoms with van der Waals surface area (Å²) < 4.78 is 23.2. The van der Waals surface area contributed by atoms with E-state index < -0.39 is 30.6 Å². The number of rotatable bonds is 4. The van der Waals surface area contributed by atoms with Crippen molar-refractivity contribution >= 4 is 24.6 Å². The summed E-state index contributed by atoms with van der Waals surface area (Å²) in [5.74, 6) is -1.79. The minimum Gasteiger partial charge on any atom is -0.364 e. The van der Waals surface area contributed by atoms with E-state index in [1.807, 2.05) is 0 Å². The molecule has 0 radical (unpaired) electrons. The Morgan fingerprint density at radius 1 is 1.04 bits per heavy atom. The number of benzene rings is 1. The van der Waals surface area contributed by atoms with Gasteiger partial charge in [-0.1, -0.05) is 24.3 Å². The van der Waals surface area contributed by atoms with Gasteiger partial charge < -0.3 is 14.0 Å². The predicted octanol–water partition coefficient (Wildman–Crippen LogP) is 2.32. The summed E-state index contributed by atoms with van der Waals surface area (Å²) in [7, 11) is -1.32. The van der Waals surface area contributed by atoms with Gasteiger partial charge in [0.2, 0.25) is 0 Å².